The number of nitrogens with two attached hydrogens (primary N) is 1. The summed E-state index contributed by atoms with van der Waals surface area (Å²) in [4.78, 5) is 0. The van der Waals surface area contributed by atoms with Crippen LogP contribution in [0.2, 0.25) is 0 Å². The van der Waals surface area contributed by atoms with Crippen molar-refractivity contribution in [3.8, 4) is 22.6 Å². The van der Waals surface area contributed by atoms with E-state index in [9.17, 15) is 22.0 Å². The predicted molar refractivity (Wildman–Crippen MR) is 80.3 cm³/mol. The van der Waals surface area contributed by atoms with E-state index in [0.29, 0.717) is 6.07 Å². The lowest BCUT2D eigenvalue weighted by Crippen LogP contribution is -2.18. The first-order valence-corrected chi connectivity index (χ1v) is 6.48. The number of alkyl halides is 3. The van der Waals surface area contributed by atoms with Crippen LogP contribution in [-0.2, 0) is 0 Å². The monoisotopic (exact) mass is 369 g/mol. The van der Waals surface area contributed by atoms with Crippen molar-refractivity contribution >= 4 is 12.4 Å². The average molecular weight is 370 g/mol. The van der Waals surface area contributed by atoms with Crippen molar-refractivity contribution < 1.29 is 31.4 Å². The fraction of sp³-hybridized carbons (Fsp3) is 0.200. The molecule has 0 aliphatic rings. The second-order valence-corrected chi connectivity index (χ2v) is 4.47. The Hall–Kier alpha value is -2.06. The summed E-state index contributed by atoms with van der Waals surface area (Å²) in [6.07, 6.45) is -4.90. The molecule has 2 rings (SSSR count). The number of benzene rings is 2. The summed E-state index contributed by atoms with van der Waals surface area (Å²) in [5, 5.41) is 0. The highest BCUT2D eigenvalue weighted by Gasteiger charge is 2.32. The molecule has 0 heterocycles. The zero-order valence-electron chi connectivity index (χ0n) is 12.1. The minimum Gasteiger partial charge on any atom is -0.488 e. The molecule has 0 saturated carbocycles. The van der Waals surface area contributed by atoms with Crippen molar-refractivity contribution in [3.05, 3.63) is 48.0 Å². The van der Waals surface area contributed by atoms with E-state index in [-0.39, 0.29) is 42.4 Å². The third-order valence-corrected chi connectivity index (χ3v) is 2.79. The predicted octanol–water partition coefficient (Wildman–Crippen LogP) is 4.29. The van der Waals surface area contributed by atoms with Crippen LogP contribution in [0.25, 0.3) is 11.1 Å². The van der Waals surface area contributed by atoms with Gasteiger partial charge in [0.05, 0.1) is 0 Å². The first kappa shape index (κ1) is 20.0. The Morgan fingerprint density at radius 2 is 1.67 bits per heavy atom. The molecule has 0 atom stereocenters. The highest BCUT2D eigenvalue weighted by molar-refractivity contribution is 5.85. The van der Waals surface area contributed by atoms with E-state index in [1.807, 2.05) is 0 Å². The van der Waals surface area contributed by atoms with Gasteiger partial charge in [-0.05, 0) is 29.8 Å². The van der Waals surface area contributed by atoms with Crippen LogP contribution < -0.4 is 15.2 Å². The van der Waals surface area contributed by atoms with E-state index in [4.69, 9.17) is 10.5 Å². The van der Waals surface area contributed by atoms with Gasteiger partial charge in [0, 0.05) is 18.2 Å². The summed E-state index contributed by atoms with van der Waals surface area (Å²) in [7, 11) is 0. The molecule has 2 aromatic rings. The van der Waals surface area contributed by atoms with Gasteiger partial charge in [0.2, 0.25) is 0 Å². The fourth-order valence-electron chi connectivity index (χ4n) is 1.89. The van der Waals surface area contributed by atoms with E-state index in [1.54, 1.807) is 0 Å². The van der Waals surface area contributed by atoms with Crippen LogP contribution in [0.15, 0.2) is 36.4 Å². The van der Waals surface area contributed by atoms with Crippen molar-refractivity contribution in [2.75, 3.05) is 13.2 Å². The standard InChI is InChI=1S/C15H12F5NO2.ClH/c16-10-2-3-11(12(17)8-10)9-1-4-13(23-15(18,19)20)14(7-9)22-6-5-21;/h1-4,7-8H,5-6,21H2;1H. The number of hydrogen-bond donors (Lipinski definition) is 1. The van der Waals surface area contributed by atoms with E-state index in [0.717, 1.165) is 12.1 Å². The minimum atomic E-state index is -4.90. The second kappa shape index (κ2) is 8.16. The molecule has 0 aromatic heterocycles. The molecule has 0 bridgehead atoms. The number of halogens is 6. The van der Waals surface area contributed by atoms with Crippen molar-refractivity contribution in [1.29, 1.82) is 0 Å². The molecular weight excluding hydrogens is 357 g/mol. The van der Waals surface area contributed by atoms with Gasteiger partial charge in [0.1, 0.15) is 18.2 Å². The topological polar surface area (TPSA) is 44.5 Å². The maximum Gasteiger partial charge on any atom is 0.573 e. The molecule has 9 heteroatoms. The zero-order chi connectivity index (χ0) is 17.0. The van der Waals surface area contributed by atoms with Crippen LogP contribution in [0, 0.1) is 11.6 Å². The molecular formula is C15H13ClF5NO2. The van der Waals surface area contributed by atoms with Crippen molar-refractivity contribution in [3.63, 3.8) is 0 Å². The third-order valence-electron chi connectivity index (χ3n) is 2.79. The van der Waals surface area contributed by atoms with Crippen LogP contribution in [0.5, 0.6) is 11.5 Å². The van der Waals surface area contributed by atoms with E-state index in [1.165, 1.54) is 18.2 Å². The largest absolute Gasteiger partial charge is 0.573 e. The maximum absolute atomic E-state index is 13.8. The first-order valence-electron chi connectivity index (χ1n) is 6.48. The summed E-state index contributed by atoms with van der Waals surface area (Å²) in [6.45, 7) is 0.0180. The molecule has 2 N–H and O–H groups in total. The van der Waals surface area contributed by atoms with Gasteiger partial charge >= 0.3 is 6.36 Å². The molecule has 24 heavy (non-hydrogen) atoms. The van der Waals surface area contributed by atoms with E-state index < -0.39 is 23.7 Å². The van der Waals surface area contributed by atoms with Crippen molar-refractivity contribution in [2.24, 2.45) is 5.73 Å². The first-order chi connectivity index (χ1) is 10.8. The third kappa shape index (κ3) is 5.24. The van der Waals surface area contributed by atoms with Gasteiger partial charge in [0.15, 0.2) is 11.5 Å². The van der Waals surface area contributed by atoms with Crippen LogP contribution >= 0.6 is 12.4 Å². The van der Waals surface area contributed by atoms with Crippen LogP contribution in [0.4, 0.5) is 22.0 Å². The number of rotatable bonds is 5. The Kier molecular flexibility index (Phi) is 6.80. The lowest BCUT2D eigenvalue weighted by Gasteiger charge is -2.15. The Morgan fingerprint density at radius 1 is 0.958 bits per heavy atom. The summed E-state index contributed by atoms with van der Waals surface area (Å²) in [6, 6.07) is 6.28. The fourth-order valence-corrected chi connectivity index (χ4v) is 1.89. The molecule has 0 fully saturated rings. The molecule has 3 nitrogen and oxygen atoms in total. The SMILES string of the molecule is Cl.NCCOc1cc(-c2ccc(F)cc2F)ccc1OC(F)(F)F. The zero-order valence-corrected chi connectivity index (χ0v) is 12.9. The Balaban J connectivity index is 0.00000288. The van der Waals surface area contributed by atoms with Gasteiger partial charge in [-0.3, -0.25) is 0 Å². The van der Waals surface area contributed by atoms with E-state index in [2.05, 4.69) is 4.74 Å². The Bertz CT molecular complexity index is 694. The summed E-state index contributed by atoms with van der Waals surface area (Å²) >= 11 is 0. The van der Waals surface area contributed by atoms with Crippen LogP contribution in [-0.4, -0.2) is 19.5 Å². The maximum atomic E-state index is 13.8. The van der Waals surface area contributed by atoms with Crippen LogP contribution in [0.3, 0.4) is 0 Å². The Morgan fingerprint density at radius 3 is 2.25 bits per heavy atom. The normalized spacial score (nSPS) is 10.9. The highest BCUT2D eigenvalue weighted by Crippen LogP contribution is 2.36. The molecule has 0 amide bonds. The second-order valence-electron chi connectivity index (χ2n) is 4.47. The lowest BCUT2D eigenvalue weighted by atomic mass is 10.0. The van der Waals surface area contributed by atoms with Gasteiger partial charge in [-0.25, -0.2) is 8.78 Å². The quantitative estimate of drug-likeness (QED) is 0.800. The van der Waals surface area contributed by atoms with Crippen molar-refractivity contribution in [1.82, 2.24) is 0 Å². The smallest absolute Gasteiger partial charge is 0.488 e. The van der Waals surface area contributed by atoms with Gasteiger partial charge in [-0.15, -0.1) is 25.6 Å². The van der Waals surface area contributed by atoms with Gasteiger partial charge < -0.3 is 15.2 Å². The van der Waals surface area contributed by atoms with Crippen LogP contribution in [0.1, 0.15) is 0 Å². The summed E-state index contributed by atoms with van der Waals surface area (Å²) in [5.74, 6) is -2.42. The van der Waals surface area contributed by atoms with Gasteiger partial charge in [-0.2, -0.15) is 0 Å². The molecule has 0 saturated heterocycles. The minimum absolute atomic E-state index is 0. The molecule has 0 spiro atoms. The molecule has 0 radical (unpaired) electrons. The number of hydrogen-bond acceptors (Lipinski definition) is 3. The molecule has 0 aliphatic carbocycles. The lowest BCUT2D eigenvalue weighted by molar-refractivity contribution is -0.275. The number of ether oxygens (including phenoxy) is 2. The van der Waals surface area contributed by atoms with Gasteiger partial charge in [0.25, 0.3) is 0 Å². The molecule has 0 unspecified atom stereocenters. The van der Waals surface area contributed by atoms with Crippen molar-refractivity contribution in [2.45, 2.75) is 6.36 Å². The summed E-state index contributed by atoms with van der Waals surface area (Å²) < 4.78 is 72.8. The van der Waals surface area contributed by atoms with E-state index >= 15 is 0 Å². The Labute approximate surface area is 140 Å². The summed E-state index contributed by atoms with van der Waals surface area (Å²) in [5.41, 5.74) is 5.48. The highest BCUT2D eigenvalue weighted by atomic mass is 35.5. The molecule has 2 aromatic carbocycles. The van der Waals surface area contributed by atoms with Gasteiger partial charge in [-0.1, -0.05) is 6.07 Å². The average Bonchev–Trinajstić information content (AvgIpc) is 2.45. The molecule has 132 valence electrons. The molecule has 0 aliphatic heterocycles.